The summed E-state index contributed by atoms with van der Waals surface area (Å²) in [5.74, 6) is -2.75. The number of hydrogen-bond acceptors (Lipinski definition) is 5. The molecule has 7 heteroatoms. The van der Waals surface area contributed by atoms with Gasteiger partial charge in [0.25, 0.3) is 5.69 Å². The molecule has 118 valence electrons. The predicted octanol–water partition coefficient (Wildman–Crippen LogP) is 1.91. The zero-order valence-corrected chi connectivity index (χ0v) is 12.0. The fraction of sp³-hybridized carbons (Fsp3) is 0.125. The SMILES string of the molecule is NC(=O)C(C(=O)OCc1ccc([N+](=O)[O-])cc1)c1ccccc1. The molecule has 0 aromatic heterocycles. The van der Waals surface area contributed by atoms with Gasteiger partial charge in [-0.25, -0.2) is 0 Å². The molecule has 0 spiro atoms. The summed E-state index contributed by atoms with van der Waals surface area (Å²) in [5, 5.41) is 10.6. The first-order valence-electron chi connectivity index (χ1n) is 6.73. The van der Waals surface area contributed by atoms with Gasteiger partial charge in [-0.2, -0.15) is 0 Å². The number of non-ortho nitro benzene ring substituents is 1. The van der Waals surface area contributed by atoms with Gasteiger partial charge in [-0.15, -0.1) is 0 Å². The third kappa shape index (κ3) is 4.13. The molecule has 2 rings (SSSR count). The number of carbonyl (C=O) groups is 2. The number of rotatable bonds is 6. The molecule has 1 unspecified atom stereocenters. The van der Waals surface area contributed by atoms with Crippen molar-refractivity contribution in [1.29, 1.82) is 0 Å². The topological polar surface area (TPSA) is 113 Å². The van der Waals surface area contributed by atoms with E-state index < -0.39 is 22.7 Å². The van der Waals surface area contributed by atoms with E-state index in [1.165, 1.54) is 24.3 Å². The van der Waals surface area contributed by atoms with Crippen molar-refractivity contribution in [2.75, 3.05) is 0 Å². The van der Waals surface area contributed by atoms with Crippen LogP contribution >= 0.6 is 0 Å². The van der Waals surface area contributed by atoms with Crippen LogP contribution in [0.4, 0.5) is 5.69 Å². The lowest BCUT2D eigenvalue weighted by atomic mass is 9.99. The third-order valence-electron chi connectivity index (χ3n) is 3.18. The van der Waals surface area contributed by atoms with Crippen molar-refractivity contribution in [3.63, 3.8) is 0 Å². The summed E-state index contributed by atoms with van der Waals surface area (Å²) in [5.41, 5.74) is 6.24. The zero-order chi connectivity index (χ0) is 16.8. The largest absolute Gasteiger partial charge is 0.460 e. The number of esters is 1. The monoisotopic (exact) mass is 314 g/mol. The fourth-order valence-electron chi connectivity index (χ4n) is 2.01. The van der Waals surface area contributed by atoms with Gasteiger partial charge in [0.1, 0.15) is 6.61 Å². The van der Waals surface area contributed by atoms with Gasteiger partial charge in [0, 0.05) is 12.1 Å². The summed E-state index contributed by atoms with van der Waals surface area (Å²) in [7, 11) is 0. The molecule has 0 fully saturated rings. The second-order valence-electron chi connectivity index (χ2n) is 4.78. The Bertz CT molecular complexity index is 713. The highest BCUT2D eigenvalue weighted by Gasteiger charge is 2.27. The molecule has 0 aliphatic rings. The Morgan fingerprint density at radius 2 is 1.70 bits per heavy atom. The van der Waals surface area contributed by atoms with Crippen molar-refractivity contribution in [3.05, 3.63) is 75.8 Å². The quantitative estimate of drug-likeness (QED) is 0.379. The van der Waals surface area contributed by atoms with Gasteiger partial charge in [-0.05, 0) is 23.3 Å². The lowest BCUT2D eigenvalue weighted by Crippen LogP contribution is -2.29. The molecule has 0 bridgehead atoms. The standard InChI is InChI=1S/C16H14N2O5/c17-15(19)14(12-4-2-1-3-5-12)16(20)23-10-11-6-8-13(9-7-11)18(21)22/h1-9,14H,10H2,(H2,17,19). The molecule has 7 nitrogen and oxygen atoms in total. The Morgan fingerprint density at radius 1 is 1.09 bits per heavy atom. The molecule has 0 saturated carbocycles. The number of amides is 1. The third-order valence-corrected chi connectivity index (χ3v) is 3.18. The lowest BCUT2D eigenvalue weighted by Gasteiger charge is -2.13. The maximum Gasteiger partial charge on any atom is 0.323 e. The van der Waals surface area contributed by atoms with Crippen LogP contribution in [0.5, 0.6) is 0 Å². The molecular formula is C16H14N2O5. The van der Waals surface area contributed by atoms with Crippen molar-refractivity contribution >= 4 is 17.6 Å². The van der Waals surface area contributed by atoms with Crippen molar-refractivity contribution < 1.29 is 19.2 Å². The molecular weight excluding hydrogens is 300 g/mol. The van der Waals surface area contributed by atoms with Gasteiger partial charge in [0.15, 0.2) is 5.92 Å². The molecule has 1 atom stereocenters. The Hall–Kier alpha value is -3.22. The first-order chi connectivity index (χ1) is 11.0. The summed E-state index contributed by atoms with van der Waals surface area (Å²) in [6.07, 6.45) is 0. The highest BCUT2D eigenvalue weighted by atomic mass is 16.6. The van der Waals surface area contributed by atoms with E-state index in [0.717, 1.165) is 0 Å². The normalized spacial score (nSPS) is 11.5. The molecule has 23 heavy (non-hydrogen) atoms. The first-order valence-corrected chi connectivity index (χ1v) is 6.73. The Labute approximate surface area is 131 Å². The molecule has 1 amide bonds. The zero-order valence-electron chi connectivity index (χ0n) is 12.0. The number of carbonyl (C=O) groups excluding carboxylic acids is 2. The Morgan fingerprint density at radius 3 is 2.22 bits per heavy atom. The van der Waals surface area contributed by atoms with Gasteiger partial charge in [0.05, 0.1) is 4.92 Å². The molecule has 2 aromatic rings. The van der Waals surface area contributed by atoms with E-state index in [1.807, 2.05) is 0 Å². The van der Waals surface area contributed by atoms with E-state index in [-0.39, 0.29) is 12.3 Å². The van der Waals surface area contributed by atoms with Crippen molar-refractivity contribution in [1.82, 2.24) is 0 Å². The average molecular weight is 314 g/mol. The van der Waals surface area contributed by atoms with Crippen LogP contribution in [0.25, 0.3) is 0 Å². The van der Waals surface area contributed by atoms with Crippen LogP contribution in [0, 0.1) is 10.1 Å². The van der Waals surface area contributed by atoms with Crippen LogP contribution in [0.1, 0.15) is 17.0 Å². The number of nitrogens with zero attached hydrogens (tertiary/aromatic N) is 1. The predicted molar refractivity (Wildman–Crippen MR) is 81.3 cm³/mol. The van der Waals surface area contributed by atoms with Crippen LogP contribution in [-0.4, -0.2) is 16.8 Å². The van der Waals surface area contributed by atoms with Crippen LogP contribution < -0.4 is 5.73 Å². The van der Waals surface area contributed by atoms with Crippen molar-refractivity contribution in [2.24, 2.45) is 5.73 Å². The number of nitrogens with two attached hydrogens (primary N) is 1. The maximum atomic E-state index is 12.1. The van der Waals surface area contributed by atoms with Crippen molar-refractivity contribution in [3.8, 4) is 0 Å². The van der Waals surface area contributed by atoms with Crippen LogP contribution in [0.2, 0.25) is 0 Å². The second kappa shape index (κ2) is 7.17. The maximum absolute atomic E-state index is 12.1. The van der Waals surface area contributed by atoms with Gasteiger partial charge in [-0.1, -0.05) is 30.3 Å². The number of nitro groups is 1. The summed E-state index contributed by atoms with van der Waals surface area (Å²) in [4.78, 5) is 33.7. The van der Waals surface area contributed by atoms with E-state index in [0.29, 0.717) is 11.1 Å². The van der Waals surface area contributed by atoms with Gasteiger partial charge >= 0.3 is 5.97 Å². The summed E-state index contributed by atoms with van der Waals surface area (Å²) in [6, 6.07) is 13.9. The average Bonchev–Trinajstić information content (AvgIpc) is 2.54. The van der Waals surface area contributed by atoms with E-state index in [1.54, 1.807) is 30.3 Å². The Kier molecular flexibility index (Phi) is 5.03. The van der Waals surface area contributed by atoms with E-state index in [4.69, 9.17) is 10.5 Å². The fourth-order valence-corrected chi connectivity index (χ4v) is 2.01. The molecule has 0 heterocycles. The molecule has 2 N–H and O–H groups in total. The van der Waals surface area contributed by atoms with Crippen LogP contribution in [0.15, 0.2) is 54.6 Å². The highest BCUT2D eigenvalue weighted by Crippen LogP contribution is 2.18. The second-order valence-corrected chi connectivity index (χ2v) is 4.78. The number of ether oxygens (including phenoxy) is 1. The van der Waals surface area contributed by atoms with Crippen LogP contribution in [0.3, 0.4) is 0 Å². The molecule has 0 saturated heterocycles. The summed E-state index contributed by atoms with van der Waals surface area (Å²) >= 11 is 0. The number of nitro benzene ring substituents is 1. The molecule has 0 aliphatic heterocycles. The highest BCUT2D eigenvalue weighted by molar-refractivity contribution is 6.02. The summed E-state index contributed by atoms with van der Waals surface area (Å²) in [6.45, 7) is -0.104. The number of hydrogen-bond donors (Lipinski definition) is 1. The smallest absolute Gasteiger partial charge is 0.323 e. The molecule has 0 radical (unpaired) electrons. The van der Waals surface area contributed by atoms with Gasteiger partial charge < -0.3 is 10.5 Å². The number of primary amides is 1. The lowest BCUT2D eigenvalue weighted by molar-refractivity contribution is -0.384. The van der Waals surface area contributed by atoms with Gasteiger partial charge in [-0.3, -0.25) is 19.7 Å². The minimum atomic E-state index is -1.19. The van der Waals surface area contributed by atoms with Crippen molar-refractivity contribution in [2.45, 2.75) is 12.5 Å². The van der Waals surface area contributed by atoms with E-state index in [9.17, 15) is 19.7 Å². The van der Waals surface area contributed by atoms with E-state index >= 15 is 0 Å². The molecule has 0 aliphatic carbocycles. The van der Waals surface area contributed by atoms with E-state index in [2.05, 4.69) is 0 Å². The summed E-state index contributed by atoms with van der Waals surface area (Å²) < 4.78 is 5.10. The minimum absolute atomic E-state index is 0.0561. The van der Waals surface area contributed by atoms with Crippen LogP contribution in [-0.2, 0) is 20.9 Å². The minimum Gasteiger partial charge on any atom is -0.460 e. The number of benzene rings is 2. The Balaban J connectivity index is 2.05. The first kappa shape index (κ1) is 16.2. The van der Waals surface area contributed by atoms with Gasteiger partial charge in [0.2, 0.25) is 5.91 Å². The molecule has 2 aromatic carbocycles.